The lowest BCUT2D eigenvalue weighted by atomic mass is 11.7. The quantitative estimate of drug-likeness (QED) is 0.416. The molecule has 0 saturated heterocycles. The van der Waals surface area contributed by atoms with Gasteiger partial charge in [0.05, 0.1) is 0 Å². The first-order valence-corrected chi connectivity index (χ1v) is 1.07. The summed E-state index contributed by atoms with van der Waals surface area (Å²) in [6, 6.07) is 0. The van der Waals surface area contributed by atoms with Gasteiger partial charge in [-0.15, -0.1) is 0 Å². The van der Waals surface area contributed by atoms with Gasteiger partial charge in [0, 0.05) is 0 Å². The average Bonchev–Trinajstić information content (AvgIpc) is 1.78. The van der Waals surface area contributed by atoms with Crippen LogP contribution in [0, 0.1) is 0 Å². The molecule has 0 atom stereocenters. The summed E-state index contributed by atoms with van der Waals surface area (Å²) >= 11 is 0. The van der Waals surface area contributed by atoms with Crippen LogP contribution >= 0.6 is 0 Å². The van der Waals surface area contributed by atoms with Crippen LogP contribution in [0.15, 0.2) is 0 Å². The zero-order valence-electron chi connectivity index (χ0n) is 3.66. The van der Waals surface area contributed by atoms with Gasteiger partial charge < -0.3 is 14.7 Å². The van der Waals surface area contributed by atoms with Crippen LogP contribution in [0.2, 0.25) is 0 Å². The predicted octanol–water partition coefficient (Wildman–Crippen LogP) is -0.669. The maximum Gasteiger partial charge on any atom is 0.290 e. The summed E-state index contributed by atoms with van der Waals surface area (Å²) in [5.41, 5.74) is 0. The fourth-order valence-corrected chi connectivity index (χ4v) is 0. The van der Waals surface area contributed by atoms with Gasteiger partial charge in [0.2, 0.25) is 0 Å². The molecular formula is C3H6O4. The molecule has 42 valence electrons. The van der Waals surface area contributed by atoms with Crippen molar-refractivity contribution >= 4 is 20.1 Å². The minimum absolute atomic E-state index is 0.250. The molecule has 0 fully saturated rings. The highest BCUT2D eigenvalue weighted by molar-refractivity contribution is 5.32. The van der Waals surface area contributed by atoms with Gasteiger partial charge in [-0.3, -0.25) is 4.79 Å². The third-order valence-electron chi connectivity index (χ3n) is 0. The van der Waals surface area contributed by atoms with Gasteiger partial charge in [-0.25, -0.2) is 0 Å². The maximum atomic E-state index is 8.36. The molecule has 1 N–H and O–H groups in total. The van der Waals surface area contributed by atoms with Crippen molar-refractivity contribution in [1.29, 1.82) is 0 Å². The SMILES string of the molecule is C=O.C=O.O=CO. The van der Waals surface area contributed by atoms with E-state index < -0.39 is 0 Å². The molecule has 0 saturated carbocycles. The van der Waals surface area contributed by atoms with Crippen molar-refractivity contribution in [3.8, 4) is 0 Å². The number of hydrogen-bond acceptors (Lipinski definition) is 3. The van der Waals surface area contributed by atoms with E-state index in [2.05, 4.69) is 0 Å². The minimum Gasteiger partial charge on any atom is -0.483 e. The van der Waals surface area contributed by atoms with E-state index in [1.54, 1.807) is 0 Å². The molecule has 0 amide bonds. The van der Waals surface area contributed by atoms with Crippen molar-refractivity contribution in [3.05, 3.63) is 0 Å². The lowest BCUT2D eigenvalue weighted by Gasteiger charge is -1.34. The standard InChI is InChI=1S/CH2O2.2CH2O/c2-1-3;2*1-2/h1H,(H,2,3);2*1H2. The van der Waals surface area contributed by atoms with Crippen molar-refractivity contribution in [2.45, 2.75) is 0 Å². The first-order chi connectivity index (χ1) is 3.41. The third-order valence-corrected chi connectivity index (χ3v) is 0. The molecule has 0 aliphatic heterocycles. The van der Waals surface area contributed by atoms with E-state index in [4.69, 9.17) is 19.5 Å². The Balaban J connectivity index is -0.0000000360. The smallest absolute Gasteiger partial charge is 0.290 e. The average molecular weight is 106 g/mol. The number of hydrogen-bond donors (Lipinski definition) is 1. The highest BCUT2D eigenvalue weighted by Crippen LogP contribution is 0.966. The van der Waals surface area contributed by atoms with Crippen LogP contribution in [0.1, 0.15) is 0 Å². The van der Waals surface area contributed by atoms with Gasteiger partial charge >= 0.3 is 0 Å². The molecule has 0 radical (unpaired) electrons. The molecule has 0 rings (SSSR count). The largest absolute Gasteiger partial charge is 0.483 e. The highest BCUT2D eigenvalue weighted by Gasteiger charge is 1.22. The van der Waals surface area contributed by atoms with Crippen molar-refractivity contribution in [2.24, 2.45) is 0 Å². The van der Waals surface area contributed by atoms with Crippen LogP contribution in [-0.4, -0.2) is 25.2 Å². The molecule has 0 aromatic heterocycles. The molecule has 0 heterocycles. The second-order valence-corrected chi connectivity index (χ2v) is 0.105. The van der Waals surface area contributed by atoms with Gasteiger partial charge in [0.25, 0.3) is 6.47 Å². The van der Waals surface area contributed by atoms with Crippen LogP contribution in [-0.2, 0) is 14.4 Å². The molecule has 0 spiro atoms. The highest BCUT2D eigenvalue weighted by atomic mass is 16.3. The van der Waals surface area contributed by atoms with Gasteiger partial charge in [-0.1, -0.05) is 0 Å². The third kappa shape index (κ3) is 26.8. The van der Waals surface area contributed by atoms with E-state index in [0.717, 1.165) is 0 Å². The maximum absolute atomic E-state index is 8.36. The predicted molar refractivity (Wildman–Crippen MR) is 22.9 cm³/mol. The van der Waals surface area contributed by atoms with E-state index in [9.17, 15) is 0 Å². The Kier molecular flexibility index (Phi) is 4700. The Morgan fingerprint density at radius 2 is 1.14 bits per heavy atom. The molecule has 0 aliphatic rings. The Bertz CT molecular complexity index is 26.1. The Morgan fingerprint density at radius 1 is 1.14 bits per heavy atom. The molecule has 0 aromatic rings. The normalized spacial score (nSPS) is 2.86. The van der Waals surface area contributed by atoms with Crippen molar-refractivity contribution in [1.82, 2.24) is 0 Å². The van der Waals surface area contributed by atoms with Crippen LogP contribution in [0.5, 0.6) is 0 Å². The monoisotopic (exact) mass is 106 g/mol. The summed E-state index contributed by atoms with van der Waals surface area (Å²) in [4.78, 5) is 24.4. The van der Waals surface area contributed by atoms with Gasteiger partial charge in [0.15, 0.2) is 0 Å². The summed E-state index contributed by atoms with van der Waals surface area (Å²) in [6.07, 6.45) is 0. The summed E-state index contributed by atoms with van der Waals surface area (Å²) in [6.45, 7) is 3.75. The van der Waals surface area contributed by atoms with E-state index in [0.29, 0.717) is 0 Å². The van der Waals surface area contributed by atoms with E-state index in [1.807, 2.05) is 13.6 Å². The molecule has 0 unspecified atom stereocenters. The zero-order chi connectivity index (χ0) is 6.71. The number of carbonyl (C=O) groups is 3. The van der Waals surface area contributed by atoms with Crippen molar-refractivity contribution < 1.29 is 19.5 Å². The molecule has 0 bridgehead atoms. The van der Waals surface area contributed by atoms with E-state index in [-0.39, 0.29) is 6.47 Å². The van der Waals surface area contributed by atoms with Crippen molar-refractivity contribution in [3.63, 3.8) is 0 Å². The molecule has 7 heavy (non-hydrogen) atoms. The van der Waals surface area contributed by atoms with E-state index in [1.165, 1.54) is 0 Å². The number of rotatable bonds is 0. The molecule has 4 heteroatoms. The number of carbonyl (C=O) groups excluding carboxylic acids is 2. The summed E-state index contributed by atoms with van der Waals surface area (Å²) in [5.74, 6) is 0. The minimum atomic E-state index is -0.250. The number of carboxylic acid groups (broad SMARTS) is 1. The molecule has 0 aliphatic carbocycles. The molecule has 0 aromatic carbocycles. The van der Waals surface area contributed by atoms with Crippen LogP contribution in [0.4, 0.5) is 0 Å². The van der Waals surface area contributed by atoms with Crippen LogP contribution in [0.3, 0.4) is 0 Å². The summed E-state index contributed by atoms with van der Waals surface area (Å²) in [5, 5.41) is 6.89. The van der Waals surface area contributed by atoms with Gasteiger partial charge in [-0.2, -0.15) is 0 Å². The molecule has 4 nitrogen and oxygen atoms in total. The Labute approximate surface area is 40.8 Å². The fourth-order valence-electron chi connectivity index (χ4n) is 0. The second kappa shape index (κ2) is 1930. The van der Waals surface area contributed by atoms with Crippen LogP contribution in [0.25, 0.3) is 0 Å². The lowest BCUT2D eigenvalue weighted by molar-refractivity contribution is -0.122. The van der Waals surface area contributed by atoms with Crippen molar-refractivity contribution in [2.75, 3.05) is 0 Å². The first kappa shape index (κ1) is 17.0. The fraction of sp³-hybridized carbons (Fsp3) is 0. The van der Waals surface area contributed by atoms with Crippen LogP contribution < -0.4 is 0 Å². The zero-order valence-corrected chi connectivity index (χ0v) is 3.66. The van der Waals surface area contributed by atoms with E-state index >= 15 is 0 Å². The topological polar surface area (TPSA) is 71.4 Å². The second-order valence-electron chi connectivity index (χ2n) is 0.105. The molecular weight excluding hydrogens is 100 g/mol. The van der Waals surface area contributed by atoms with Gasteiger partial charge in [0.1, 0.15) is 13.6 Å². The lowest BCUT2D eigenvalue weighted by Crippen LogP contribution is -1.49. The Hall–Kier alpha value is -1.19. The first-order valence-electron chi connectivity index (χ1n) is 1.07. The van der Waals surface area contributed by atoms with Gasteiger partial charge in [-0.05, 0) is 0 Å². The Morgan fingerprint density at radius 3 is 1.14 bits per heavy atom. The summed E-state index contributed by atoms with van der Waals surface area (Å²) in [7, 11) is 0. The summed E-state index contributed by atoms with van der Waals surface area (Å²) < 4.78 is 0.